The molecule has 27 heavy (non-hydrogen) atoms. The fourth-order valence-electron chi connectivity index (χ4n) is 3.21. The van der Waals surface area contributed by atoms with Crippen molar-refractivity contribution in [2.75, 3.05) is 7.05 Å². The van der Waals surface area contributed by atoms with Gasteiger partial charge in [0.1, 0.15) is 6.04 Å². The fourth-order valence-corrected chi connectivity index (χ4v) is 3.21. The topological polar surface area (TPSA) is 49.4 Å². The lowest BCUT2D eigenvalue weighted by atomic mass is 10.0. The predicted molar refractivity (Wildman–Crippen MR) is 109 cm³/mol. The molecule has 2 amide bonds. The van der Waals surface area contributed by atoms with Gasteiger partial charge in [-0.15, -0.1) is 0 Å². The van der Waals surface area contributed by atoms with E-state index < -0.39 is 6.04 Å². The van der Waals surface area contributed by atoms with Gasteiger partial charge in [0.05, 0.1) is 0 Å². The molecule has 0 bridgehead atoms. The standard InChI is InChI=1S/C23H30N2O2/c1-5-21(23(27)24-4)25(16-20-9-7-6-8-18(20)3)22(26)15-14-19-12-10-17(2)11-13-19/h6-13,21H,5,14-16H2,1-4H3,(H,24,27)/t21-/m1/s1. The van der Waals surface area contributed by atoms with Crippen LogP contribution in [0.25, 0.3) is 0 Å². The highest BCUT2D eigenvalue weighted by Gasteiger charge is 2.27. The van der Waals surface area contributed by atoms with Crippen LogP contribution in [0, 0.1) is 13.8 Å². The van der Waals surface area contributed by atoms with Crippen LogP contribution in [0.5, 0.6) is 0 Å². The number of benzene rings is 2. The summed E-state index contributed by atoms with van der Waals surface area (Å²) >= 11 is 0. The van der Waals surface area contributed by atoms with Gasteiger partial charge in [0.15, 0.2) is 0 Å². The van der Waals surface area contributed by atoms with E-state index in [0.717, 1.165) is 16.7 Å². The average molecular weight is 367 g/mol. The van der Waals surface area contributed by atoms with Gasteiger partial charge < -0.3 is 10.2 Å². The highest BCUT2D eigenvalue weighted by atomic mass is 16.2. The Morgan fingerprint density at radius 2 is 1.70 bits per heavy atom. The lowest BCUT2D eigenvalue weighted by Gasteiger charge is -2.31. The van der Waals surface area contributed by atoms with Gasteiger partial charge in [-0.25, -0.2) is 0 Å². The predicted octanol–water partition coefficient (Wildman–Crippen LogP) is 3.79. The van der Waals surface area contributed by atoms with Crippen LogP contribution >= 0.6 is 0 Å². The molecular formula is C23H30N2O2. The van der Waals surface area contributed by atoms with Crippen molar-refractivity contribution in [3.8, 4) is 0 Å². The summed E-state index contributed by atoms with van der Waals surface area (Å²) in [5.41, 5.74) is 4.54. The zero-order valence-electron chi connectivity index (χ0n) is 16.8. The van der Waals surface area contributed by atoms with Crippen LogP contribution in [0.15, 0.2) is 48.5 Å². The number of aryl methyl sites for hydroxylation is 3. The minimum Gasteiger partial charge on any atom is -0.357 e. The molecule has 4 heteroatoms. The molecule has 144 valence electrons. The van der Waals surface area contributed by atoms with Crippen molar-refractivity contribution in [3.05, 3.63) is 70.8 Å². The summed E-state index contributed by atoms with van der Waals surface area (Å²) in [6.45, 7) is 6.47. The zero-order valence-corrected chi connectivity index (χ0v) is 16.8. The van der Waals surface area contributed by atoms with Crippen molar-refractivity contribution in [1.82, 2.24) is 10.2 Å². The Hall–Kier alpha value is -2.62. The van der Waals surface area contributed by atoms with Gasteiger partial charge in [0, 0.05) is 20.0 Å². The summed E-state index contributed by atoms with van der Waals surface area (Å²) in [7, 11) is 1.62. The van der Waals surface area contributed by atoms with E-state index in [1.165, 1.54) is 5.56 Å². The molecule has 0 heterocycles. The third kappa shape index (κ3) is 5.68. The molecule has 0 aliphatic carbocycles. The van der Waals surface area contributed by atoms with Gasteiger partial charge in [0.25, 0.3) is 0 Å². The summed E-state index contributed by atoms with van der Waals surface area (Å²) in [6.07, 6.45) is 1.65. The maximum atomic E-state index is 13.1. The molecule has 0 spiro atoms. The molecule has 0 aliphatic rings. The molecule has 0 aromatic heterocycles. The van der Waals surface area contributed by atoms with E-state index in [2.05, 4.69) is 29.6 Å². The van der Waals surface area contributed by atoms with Gasteiger partial charge in [-0.05, 0) is 43.4 Å². The number of carbonyl (C=O) groups is 2. The third-order valence-electron chi connectivity index (χ3n) is 4.98. The summed E-state index contributed by atoms with van der Waals surface area (Å²) < 4.78 is 0. The van der Waals surface area contributed by atoms with Gasteiger partial charge in [-0.1, -0.05) is 61.0 Å². The number of nitrogens with zero attached hydrogens (tertiary/aromatic N) is 1. The van der Waals surface area contributed by atoms with Crippen molar-refractivity contribution in [1.29, 1.82) is 0 Å². The second-order valence-corrected chi connectivity index (χ2v) is 6.97. The zero-order chi connectivity index (χ0) is 19.8. The Bertz CT molecular complexity index is 768. The molecule has 2 aromatic carbocycles. The molecule has 0 fully saturated rings. The second kappa shape index (κ2) is 9.91. The molecule has 0 aliphatic heterocycles. The van der Waals surface area contributed by atoms with Crippen LogP contribution < -0.4 is 5.32 Å². The summed E-state index contributed by atoms with van der Waals surface area (Å²) in [6, 6.07) is 15.8. The van der Waals surface area contributed by atoms with Crippen LogP contribution in [0.3, 0.4) is 0 Å². The summed E-state index contributed by atoms with van der Waals surface area (Å²) in [4.78, 5) is 27.2. The molecule has 0 radical (unpaired) electrons. The first-order valence-electron chi connectivity index (χ1n) is 9.57. The Labute approximate surface area is 162 Å². The second-order valence-electron chi connectivity index (χ2n) is 6.97. The third-order valence-corrected chi connectivity index (χ3v) is 4.98. The molecular weight excluding hydrogens is 336 g/mol. The lowest BCUT2D eigenvalue weighted by Crippen LogP contribution is -2.48. The number of hydrogen-bond donors (Lipinski definition) is 1. The Balaban J connectivity index is 2.19. The average Bonchev–Trinajstić information content (AvgIpc) is 2.68. The van der Waals surface area contributed by atoms with Crippen molar-refractivity contribution in [2.45, 2.75) is 52.6 Å². The fraction of sp³-hybridized carbons (Fsp3) is 0.391. The van der Waals surface area contributed by atoms with Crippen LogP contribution in [-0.4, -0.2) is 29.8 Å². The van der Waals surface area contributed by atoms with Gasteiger partial charge in [-0.3, -0.25) is 9.59 Å². The van der Waals surface area contributed by atoms with Crippen molar-refractivity contribution in [3.63, 3.8) is 0 Å². The maximum Gasteiger partial charge on any atom is 0.242 e. The lowest BCUT2D eigenvalue weighted by molar-refractivity contribution is -0.141. The van der Waals surface area contributed by atoms with Gasteiger partial charge >= 0.3 is 0 Å². The van der Waals surface area contributed by atoms with E-state index in [9.17, 15) is 9.59 Å². The van der Waals surface area contributed by atoms with E-state index in [1.54, 1.807) is 11.9 Å². The number of likely N-dealkylation sites (N-methyl/N-ethyl adjacent to an activating group) is 1. The van der Waals surface area contributed by atoms with Crippen LogP contribution in [0.4, 0.5) is 0 Å². The van der Waals surface area contributed by atoms with Crippen molar-refractivity contribution in [2.24, 2.45) is 0 Å². The maximum absolute atomic E-state index is 13.1. The number of rotatable bonds is 8. The van der Waals surface area contributed by atoms with E-state index in [0.29, 0.717) is 25.8 Å². The molecule has 2 aromatic rings. The van der Waals surface area contributed by atoms with E-state index in [4.69, 9.17) is 0 Å². The quantitative estimate of drug-likeness (QED) is 0.773. The van der Waals surface area contributed by atoms with Crippen LogP contribution in [0.1, 0.15) is 42.0 Å². The number of amides is 2. The van der Waals surface area contributed by atoms with E-state index >= 15 is 0 Å². The number of nitrogens with one attached hydrogen (secondary N) is 1. The van der Waals surface area contributed by atoms with Crippen molar-refractivity contribution < 1.29 is 9.59 Å². The SMILES string of the molecule is CC[C@H](C(=O)NC)N(Cc1ccccc1C)C(=O)CCc1ccc(C)cc1. The highest BCUT2D eigenvalue weighted by molar-refractivity contribution is 5.87. The van der Waals surface area contributed by atoms with Gasteiger partial charge in [0.2, 0.25) is 11.8 Å². The summed E-state index contributed by atoms with van der Waals surface area (Å²) in [5.74, 6) is -0.107. The Kier molecular flexibility index (Phi) is 7.59. The minimum atomic E-state index is -0.458. The highest BCUT2D eigenvalue weighted by Crippen LogP contribution is 2.17. The van der Waals surface area contributed by atoms with Crippen molar-refractivity contribution >= 4 is 11.8 Å². The largest absolute Gasteiger partial charge is 0.357 e. The number of hydrogen-bond acceptors (Lipinski definition) is 2. The summed E-state index contributed by atoms with van der Waals surface area (Å²) in [5, 5.41) is 2.70. The molecule has 1 atom stereocenters. The molecule has 4 nitrogen and oxygen atoms in total. The van der Waals surface area contributed by atoms with Crippen LogP contribution in [-0.2, 0) is 22.6 Å². The first-order valence-corrected chi connectivity index (χ1v) is 9.57. The van der Waals surface area contributed by atoms with E-state index in [-0.39, 0.29) is 11.8 Å². The number of carbonyl (C=O) groups excluding carboxylic acids is 2. The normalized spacial score (nSPS) is 11.7. The molecule has 0 saturated heterocycles. The molecule has 1 N–H and O–H groups in total. The Morgan fingerprint density at radius 1 is 1.04 bits per heavy atom. The first kappa shape index (κ1) is 20.7. The molecule has 2 rings (SSSR count). The van der Waals surface area contributed by atoms with Gasteiger partial charge in [-0.2, -0.15) is 0 Å². The van der Waals surface area contributed by atoms with E-state index in [1.807, 2.05) is 45.0 Å². The smallest absolute Gasteiger partial charge is 0.242 e. The molecule has 0 unspecified atom stereocenters. The first-order chi connectivity index (χ1) is 13.0. The minimum absolute atomic E-state index is 0.00859. The monoisotopic (exact) mass is 366 g/mol. The Morgan fingerprint density at radius 3 is 2.30 bits per heavy atom. The van der Waals surface area contributed by atoms with Crippen LogP contribution in [0.2, 0.25) is 0 Å². The molecule has 0 saturated carbocycles.